The van der Waals surface area contributed by atoms with Gasteiger partial charge in [0.15, 0.2) is 0 Å². The molecule has 0 aliphatic carbocycles. The number of hydrogen-bond acceptors (Lipinski definition) is 4. The van der Waals surface area contributed by atoms with E-state index in [0.717, 1.165) is 17.7 Å². The van der Waals surface area contributed by atoms with Gasteiger partial charge in [0.2, 0.25) is 0 Å². The summed E-state index contributed by atoms with van der Waals surface area (Å²) in [5, 5.41) is 14.9. The van der Waals surface area contributed by atoms with Gasteiger partial charge in [-0.05, 0) is 53.7 Å². The molecule has 1 saturated heterocycles. The van der Waals surface area contributed by atoms with Crippen LogP contribution in [0.2, 0.25) is 0 Å². The van der Waals surface area contributed by atoms with Crippen molar-refractivity contribution < 1.29 is 9.84 Å². The Morgan fingerprint density at radius 3 is 2.84 bits per heavy atom. The molecule has 1 N–H and O–H groups in total. The summed E-state index contributed by atoms with van der Waals surface area (Å²) in [5.74, 6) is 0.814. The summed E-state index contributed by atoms with van der Waals surface area (Å²) in [5.41, 5.74) is 0. The van der Waals surface area contributed by atoms with Gasteiger partial charge in [-0.3, -0.25) is 4.90 Å². The van der Waals surface area contributed by atoms with Crippen LogP contribution in [0.1, 0.15) is 23.8 Å². The van der Waals surface area contributed by atoms with Gasteiger partial charge in [-0.25, -0.2) is 0 Å². The number of thiophene rings is 1. The summed E-state index contributed by atoms with van der Waals surface area (Å²) >= 11 is 1.81. The lowest BCUT2D eigenvalue weighted by Gasteiger charge is -2.26. The SMILES string of the molecule is O[C@H](COc1ccc2ccccc2c1)CN1CCC[C@H]1c1cccs1. The van der Waals surface area contributed by atoms with Gasteiger partial charge < -0.3 is 9.84 Å². The average Bonchev–Trinajstić information content (AvgIpc) is 3.31. The first-order valence-electron chi connectivity index (χ1n) is 8.87. The fraction of sp³-hybridized carbons (Fsp3) is 0.333. The number of ether oxygens (including phenoxy) is 1. The highest BCUT2D eigenvalue weighted by Gasteiger charge is 2.28. The second-order valence-electron chi connectivity index (χ2n) is 6.64. The molecule has 0 unspecified atom stereocenters. The van der Waals surface area contributed by atoms with Crippen LogP contribution in [0.4, 0.5) is 0 Å². The number of hydrogen-bond donors (Lipinski definition) is 1. The van der Waals surface area contributed by atoms with E-state index in [2.05, 4.69) is 40.6 Å². The second kappa shape index (κ2) is 7.56. The highest BCUT2D eigenvalue weighted by Crippen LogP contribution is 2.34. The van der Waals surface area contributed by atoms with Gasteiger partial charge in [0.05, 0.1) is 0 Å². The average molecular weight is 353 g/mol. The van der Waals surface area contributed by atoms with Crippen molar-refractivity contribution >= 4 is 22.1 Å². The fourth-order valence-corrected chi connectivity index (χ4v) is 4.52. The molecule has 2 heterocycles. The maximum Gasteiger partial charge on any atom is 0.120 e. The molecule has 4 rings (SSSR count). The zero-order valence-electron chi connectivity index (χ0n) is 14.2. The first kappa shape index (κ1) is 16.6. The van der Waals surface area contributed by atoms with Gasteiger partial charge in [0, 0.05) is 17.5 Å². The van der Waals surface area contributed by atoms with E-state index >= 15 is 0 Å². The molecule has 4 heteroatoms. The Balaban J connectivity index is 1.34. The van der Waals surface area contributed by atoms with Crippen LogP contribution in [0.3, 0.4) is 0 Å². The van der Waals surface area contributed by atoms with Crippen molar-refractivity contribution in [3.8, 4) is 5.75 Å². The minimum Gasteiger partial charge on any atom is -0.491 e. The summed E-state index contributed by atoms with van der Waals surface area (Å²) in [4.78, 5) is 3.79. The Morgan fingerprint density at radius 2 is 2.00 bits per heavy atom. The Kier molecular flexibility index (Phi) is 5.02. The highest BCUT2D eigenvalue weighted by molar-refractivity contribution is 7.10. The van der Waals surface area contributed by atoms with E-state index in [9.17, 15) is 5.11 Å². The van der Waals surface area contributed by atoms with Crippen molar-refractivity contribution in [1.29, 1.82) is 0 Å². The standard InChI is InChI=1S/C21H23NO2S/c23-18(14-22-11-3-7-20(22)21-8-4-12-25-21)15-24-19-10-9-16-5-1-2-6-17(16)13-19/h1-2,4-6,8-10,12-13,18,20,23H,3,7,11,14-15H2/t18-,20-/m0/s1. The molecule has 3 nitrogen and oxygen atoms in total. The predicted octanol–water partition coefficient (Wildman–Crippen LogP) is 4.48. The number of likely N-dealkylation sites (tertiary alicyclic amines) is 1. The third kappa shape index (κ3) is 3.87. The molecular weight excluding hydrogens is 330 g/mol. The number of nitrogens with zero attached hydrogens (tertiary/aromatic N) is 1. The lowest BCUT2D eigenvalue weighted by atomic mass is 10.1. The van der Waals surface area contributed by atoms with Crippen LogP contribution < -0.4 is 4.74 Å². The van der Waals surface area contributed by atoms with Gasteiger partial charge >= 0.3 is 0 Å². The zero-order chi connectivity index (χ0) is 17.1. The topological polar surface area (TPSA) is 32.7 Å². The molecule has 25 heavy (non-hydrogen) atoms. The Bertz CT molecular complexity index is 818. The number of aliphatic hydroxyl groups excluding tert-OH is 1. The number of aliphatic hydroxyl groups is 1. The van der Waals surface area contributed by atoms with Gasteiger partial charge in [-0.15, -0.1) is 11.3 Å². The zero-order valence-corrected chi connectivity index (χ0v) is 15.0. The van der Waals surface area contributed by atoms with E-state index in [1.807, 2.05) is 35.6 Å². The third-order valence-electron chi connectivity index (χ3n) is 4.84. The van der Waals surface area contributed by atoms with E-state index in [-0.39, 0.29) is 0 Å². The molecule has 130 valence electrons. The number of fused-ring (bicyclic) bond motifs is 1. The van der Waals surface area contributed by atoms with E-state index in [4.69, 9.17) is 4.74 Å². The number of rotatable bonds is 6. The van der Waals surface area contributed by atoms with E-state index in [1.54, 1.807) is 0 Å². The largest absolute Gasteiger partial charge is 0.491 e. The molecular formula is C21H23NO2S. The van der Waals surface area contributed by atoms with Crippen LogP contribution in [0.5, 0.6) is 5.75 Å². The normalized spacial score (nSPS) is 19.3. The second-order valence-corrected chi connectivity index (χ2v) is 7.62. The van der Waals surface area contributed by atoms with Gasteiger partial charge in [-0.1, -0.05) is 36.4 Å². The van der Waals surface area contributed by atoms with Crippen LogP contribution >= 0.6 is 11.3 Å². The van der Waals surface area contributed by atoms with Crippen LogP contribution in [0.25, 0.3) is 10.8 Å². The Hall–Kier alpha value is -1.88. The molecule has 2 aromatic carbocycles. The smallest absolute Gasteiger partial charge is 0.120 e. The van der Waals surface area contributed by atoms with Crippen molar-refractivity contribution in [3.63, 3.8) is 0 Å². The van der Waals surface area contributed by atoms with Gasteiger partial charge in [-0.2, -0.15) is 0 Å². The van der Waals surface area contributed by atoms with Crippen LogP contribution in [0, 0.1) is 0 Å². The van der Waals surface area contributed by atoms with Crippen molar-refractivity contribution in [1.82, 2.24) is 4.90 Å². The van der Waals surface area contributed by atoms with Gasteiger partial charge in [0.1, 0.15) is 18.5 Å². The molecule has 0 radical (unpaired) electrons. The van der Waals surface area contributed by atoms with Crippen LogP contribution in [0.15, 0.2) is 60.0 Å². The molecule has 0 spiro atoms. The van der Waals surface area contributed by atoms with Crippen molar-refractivity contribution in [2.75, 3.05) is 19.7 Å². The van der Waals surface area contributed by atoms with Crippen molar-refractivity contribution in [3.05, 3.63) is 64.9 Å². The maximum absolute atomic E-state index is 10.4. The molecule has 1 fully saturated rings. The quantitative estimate of drug-likeness (QED) is 0.709. The summed E-state index contributed by atoms with van der Waals surface area (Å²) in [6, 6.07) is 19.1. The van der Waals surface area contributed by atoms with Crippen LogP contribution in [-0.4, -0.2) is 35.8 Å². The molecule has 0 bridgehead atoms. The number of benzene rings is 2. The molecule has 3 aromatic rings. The molecule has 1 aliphatic heterocycles. The maximum atomic E-state index is 10.4. The van der Waals surface area contributed by atoms with E-state index < -0.39 is 6.10 Å². The lowest BCUT2D eigenvalue weighted by Crippen LogP contribution is -2.35. The molecule has 1 aliphatic rings. The molecule has 1 aromatic heterocycles. The first-order valence-corrected chi connectivity index (χ1v) is 9.75. The summed E-state index contributed by atoms with van der Waals surface area (Å²) in [7, 11) is 0. The Labute approximate surface area is 152 Å². The number of β-amino-alcohol motifs (C(OH)–C–C–N with tert-alkyl or cyclic N) is 1. The third-order valence-corrected chi connectivity index (χ3v) is 5.82. The minimum absolute atomic E-state index is 0.325. The monoisotopic (exact) mass is 353 g/mol. The predicted molar refractivity (Wildman–Crippen MR) is 103 cm³/mol. The van der Waals surface area contributed by atoms with Crippen molar-refractivity contribution in [2.24, 2.45) is 0 Å². The summed E-state index contributed by atoms with van der Waals surface area (Å²) < 4.78 is 5.84. The molecule has 0 amide bonds. The summed E-state index contributed by atoms with van der Waals surface area (Å²) in [6.45, 7) is 2.04. The first-order chi connectivity index (χ1) is 12.3. The highest BCUT2D eigenvalue weighted by atomic mass is 32.1. The fourth-order valence-electron chi connectivity index (χ4n) is 3.62. The summed E-state index contributed by atoms with van der Waals surface area (Å²) in [6.07, 6.45) is 1.89. The van der Waals surface area contributed by atoms with Crippen LogP contribution in [-0.2, 0) is 0 Å². The van der Waals surface area contributed by atoms with E-state index in [1.165, 1.54) is 23.1 Å². The van der Waals surface area contributed by atoms with Crippen molar-refractivity contribution in [2.45, 2.75) is 25.0 Å². The van der Waals surface area contributed by atoms with Gasteiger partial charge in [0.25, 0.3) is 0 Å². The van der Waals surface area contributed by atoms with E-state index in [0.29, 0.717) is 19.2 Å². The lowest BCUT2D eigenvalue weighted by molar-refractivity contribution is 0.0643. The minimum atomic E-state index is -0.480. The molecule has 0 saturated carbocycles. The Morgan fingerprint density at radius 1 is 1.12 bits per heavy atom. The molecule has 2 atom stereocenters.